The molecular formula is C14H14N2O2S. The number of aryl methyl sites for hydroxylation is 1. The number of rotatable bonds is 3. The highest BCUT2D eigenvalue weighted by Gasteiger charge is 2.13. The van der Waals surface area contributed by atoms with Crippen LogP contribution >= 0.6 is 11.3 Å². The molecule has 2 aromatic rings. The van der Waals surface area contributed by atoms with Crippen molar-refractivity contribution in [1.82, 2.24) is 5.32 Å². The lowest BCUT2D eigenvalue weighted by atomic mass is 10.2. The van der Waals surface area contributed by atoms with Gasteiger partial charge in [-0.3, -0.25) is 9.59 Å². The lowest BCUT2D eigenvalue weighted by molar-refractivity contribution is -0.136. The molecule has 1 heterocycles. The van der Waals surface area contributed by atoms with Gasteiger partial charge in [0.15, 0.2) is 0 Å². The largest absolute Gasteiger partial charge is 0.343 e. The van der Waals surface area contributed by atoms with Crippen molar-refractivity contribution < 1.29 is 9.59 Å². The highest BCUT2D eigenvalue weighted by molar-refractivity contribution is 7.09. The standard InChI is InChI=1S/C14H14N2O2S/c1-10-4-2-5-11(8-10)16-14(18)13(17)15-9-12-6-3-7-19-12/h2-8H,9H2,1H3,(H,15,17)(H,16,18). The second-order valence-corrected chi connectivity index (χ2v) is 5.12. The third kappa shape index (κ3) is 3.93. The Morgan fingerprint density at radius 3 is 2.68 bits per heavy atom. The van der Waals surface area contributed by atoms with Gasteiger partial charge >= 0.3 is 11.8 Å². The van der Waals surface area contributed by atoms with E-state index in [0.29, 0.717) is 12.2 Å². The van der Waals surface area contributed by atoms with Crippen LogP contribution in [0.25, 0.3) is 0 Å². The van der Waals surface area contributed by atoms with Crippen molar-refractivity contribution in [1.29, 1.82) is 0 Å². The van der Waals surface area contributed by atoms with Crippen LogP contribution in [0.5, 0.6) is 0 Å². The average Bonchev–Trinajstić information content (AvgIpc) is 2.89. The molecule has 0 saturated carbocycles. The molecule has 1 aromatic carbocycles. The van der Waals surface area contributed by atoms with Gasteiger partial charge in [0.05, 0.1) is 6.54 Å². The Morgan fingerprint density at radius 2 is 2.00 bits per heavy atom. The summed E-state index contributed by atoms with van der Waals surface area (Å²) in [4.78, 5) is 24.3. The lowest BCUT2D eigenvalue weighted by Gasteiger charge is -2.06. The van der Waals surface area contributed by atoms with Gasteiger partial charge in [0.1, 0.15) is 0 Å². The summed E-state index contributed by atoms with van der Waals surface area (Å²) in [7, 11) is 0. The minimum absolute atomic E-state index is 0.373. The van der Waals surface area contributed by atoms with Crippen LogP contribution in [0.15, 0.2) is 41.8 Å². The Balaban J connectivity index is 1.87. The van der Waals surface area contributed by atoms with Crippen LogP contribution in [-0.2, 0) is 16.1 Å². The number of benzene rings is 1. The molecule has 4 nitrogen and oxygen atoms in total. The van der Waals surface area contributed by atoms with Crippen LogP contribution < -0.4 is 10.6 Å². The van der Waals surface area contributed by atoms with Crippen molar-refractivity contribution in [2.24, 2.45) is 0 Å². The fourth-order valence-electron chi connectivity index (χ4n) is 1.57. The van der Waals surface area contributed by atoms with E-state index in [9.17, 15) is 9.59 Å². The van der Waals surface area contributed by atoms with Gasteiger partial charge in [0, 0.05) is 10.6 Å². The first-order valence-electron chi connectivity index (χ1n) is 5.83. The highest BCUT2D eigenvalue weighted by atomic mass is 32.1. The van der Waals surface area contributed by atoms with Crippen LogP contribution in [0.2, 0.25) is 0 Å². The topological polar surface area (TPSA) is 58.2 Å². The van der Waals surface area contributed by atoms with E-state index in [4.69, 9.17) is 0 Å². The predicted octanol–water partition coefficient (Wildman–Crippen LogP) is 2.31. The number of carbonyl (C=O) groups is 2. The zero-order chi connectivity index (χ0) is 13.7. The van der Waals surface area contributed by atoms with Gasteiger partial charge in [-0.15, -0.1) is 11.3 Å². The molecule has 0 aliphatic heterocycles. The summed E-state index contributed by atoms with van der Waals surface area (Å²) in [5.74, 6) is -1.28. The maximum atomic E-state index is 11.7. The van der Waals surface area contributed by atoms with Crippen molar-refractivity contribution in [3.63, 3.8) is 0 Å². The molecule has 19 heavy (non-hydrogen) atoms. The summed E-state index contributed by atoms with van der Waals surface area (Å²) in [6.07, 6.45) is 0. The normalized spacial score (nSPS) is 9.95. The van der Waals surface area contributed by atoms with E-state index in [2.05, 4.69) is 10.6 Å². The highest BCUT2D eigenvalue weighted by Crippen LogP contribution is 2.09. The Bertz CT molecular complexity index is 579. The molecule has 0 aliphatic carbocycles. The molecule has 0 radical (unpaired) electrons. The number of hydrogen-bond acceptors (Lipinski definition) is 3. The quantitative estimate of drug-likeness (QED) is 0.844. The Kier molecular flexibility index (Phi) is 4.30. The molecule has 0 unspecified atom stereocenters. The fourth-order valence-corrected chi connectivity index (χ4v) is 2.22. The molecule has 0 atom stereocenters. The van der Waals surface area contributed by atoms with Crippen molar-refractivity contribution in [3.05, 3.63) is 52.2 Å². The van der Waals surface area contributed by atoms with Crippen LogP contribution in [0, 0.1) is 6.92 Å². The molecule has 0 fully saturated rings. The number of amides is 2. The minimum atomic E-state index is -0.651. The van der Waals surface area contributed by atoms with Crippen molar-refractivity contribution in [2.45, 2.75) is 13.5 Å². The number of anilines is 1. The van der Waals surface area contributed by atoms with E-state index in [1.54, 1.807) is 6.07 Å². The van der Waals surface area contributed by atoms with Crippen LogP contribution in [0.1, 0.15) is 10.4 Å². The maximum Gasteiger partial charge on any atom is 0.313 e. The summed E-state index contributed by atoms with van der Waals surface area (Å²) >= 11 is 1.54. The van der Waals surface area contributed by atoms with E-state index in [-0.39, 0.29) is 0 Å². The van der Waals surface area contributed by atoms with Crippen molar-refractivity contribution in [2.75, 3.05) is 5.32 Å². The Labute approximate surface area is 115 Å². The van der Waals surface area contributed by atoms with E-state index in [1.807, 2.05) is 42.6 Å². The van der Waals surface area contributed by atoms with E-state index in [0.717, 1.165) is 10.4 Å². The lowest BCUT2D eigenvalue weighted by Crippen LogP contribution is -2.34. The summed E-state index contributed by atoms with van der Waals surface area (Å²) < 4.78 is 0. The molecule has 1 aromatic heterocycles. The van der Waals surface area contributed by atoms with Gasteiger partial charge < -0.3 is 10.6 Å². The molecule has 0 aliphatic rings. The number of carbonyl (C=O) groups excluding carboxylic acids is 2. The molecule has 0 saturated heterocycles. The minimum Gasteiger partial charge on any atom is -0.343 e. The first kappa shape index (κ1) is 13.3. The second kappa shape index (κ2) is 6.15. The summed E-state index contributed by atoms with van der Waals surface area (Å²) in [5, 5.41) is 7.07. The summed E-state index contributed by atoms with van der Waals surface area (Å²) in [5.41, 5.74) is 1.65. The Hall–Kier alpha value is -2.14. The first-order valence-corrected chi connectivity index (χ1v) is 6.71. The number of nitrogens with one attached hydrogen (secondary N) is 2. The molecule has 0 bridgehead atoms. The molecule has 98 valence electrons. The van der Waals surface area contributed by atoms with E-state index in [1.165, 1.54) is 11.3 Å². The van der Waals surface area contributed by atoms with Crippen LogP contribution in [-0.4, -0.2) is 11.8 Å². The van der Waals surface area contributed by atoms with Crippen LogP contribution in [0.3, 0.4) is 0 Å². The maximum absolute atomic E-state index is 11.7. The zero-order valence-electron chi connectivity index (χ0n) is 10.5. The SMILES string of the molecule is Cc1cccc(NC(=O)C(=O)NCc2cccs2)c1. The fraction of sp³-hybridized carbons (Fsp3) is 0.143. The van der Waals surface area contributed by atoms with E-state index >= 15 is 0 Å². The molecular weight excluding hydrogens is 260 g/mol. The molecule has 2 amide bonds. The van der Waals surface area contributed by atoms with Gasteiger partial charge in [-0.2, -0.15) is 0 Å². The van der Waals surface area contributed by atoms with Crippen LogP contribution in [0.4, 0.5) is 5.69 Å². The number of hydrogen-bond donors (Lipinski definition) is 2. The summed E-state index contributed by atoms with van der Waals surface area (Å²) in [6.45, 7) is 2.30. The number of thiophene rings is 1. The van der Waals surface area contributed by atoms with E-state index < -0.39 is 11.8 Å². The second-order valence-electron chi connectivity index (χ2n) is 4.09. The third-order valence-electron chi connectivity index (χ3n) is 2.49. The zero-order valence-corrected chi connectivity index (χ0v) is 11.3. The smallest absolute Gasteiger partial charge is 0.313 e. The van der Waals surface area contributed by atoms with Gasteiger partial charge in [0.2, 0.25) is 0 Å². The van der Waals surface area contributed by atoms with Gasteiger partial charge in [0.25, 0.3) is 0 Å². The molecule has 2 rings (SSSR count). The molecule has 2 N–H and O–H groups in total. The third-order valence-corrected chi connectivity index (χ3v) is 3.36. The average molecular weight is 274 g/mol. The van der Waals surface area contributed by atoms with Gasteiger partial charge in [-0.05, 0) is 36.1 Å². The first-order chi connectivity index (χ1) is 9.15. The monoisotopic (exact) mass is 274 g/mol. The molecule has 0 spiro atoms. The van der Waals surface area contributed by atoms with Crippen molar-refractivity contribution >= 4 is 28.8 Å². The van der Waals surface area contributed by atoms with Gasteiger partial charge in [-0.1, -0.05) is 18.2 Å². The summed E-state index contributed by atoms with van der Waals surface area (Å²) in [6, 6.07) is 11.1. The Morgan fingerprint density at radius 1 is 1.16 bits per heavy atom. The predicted molar refractivity (Wildman–Crippen MR) is 76.0 cm³/mol. The van der Waals surface area contributed by atoms with Crippen molar-refractivity contribution in [3.8, 4) is 0 Å². The van der Waals surface area contributed by atoms with Gasteiger partial charge in [-0.25, -0.2) is 0 Å². The molecule has 5 heteroatoms.